The standard InChI is InChI=1S/C11H14O2/c1-8-3-9(2)5-10(4-8)12-6-11-7-13-11/h3-5,11H,6-7H2,1-2H3/i6D2,11D. The smallest absolute Gasteiger partial charge is 0.119 e. The van der Waals surface area contributed by atoms with Crippen molar-refractivity contribution in [1.29, 1.82) is 0 Å². The van der Waals surface area contributed by atoms with E-state index in [2.05, 4.69) is 0 Å². The van der Waals surface area contributed by atoms with Gasteiger partial charge in [0.1, 0.15) is 18.4 Å². The molecule has 0 radical (unpaired) electrons. The van der Waals surface area contributed by atoms with Gasteiger partial charge in [-0.15, -0.1) is 0 Å². The summed E-state index contributed by atoms with van der Waals surface area (Å²) in [4.78, 5) is 0. The van der Waals surface area contributed by atoms with Crippen molar-refractivity contribution in [2.75, 3.05) is 13.2 Å². The highest BCUT2D eigenvalue weighted by atomic mass is 16.6. The Bertz CT molecular complexity index is 393. The van der Waals surface area contributed by atoms with Crippen LogP contribution in [0, 0.1) is 13.8 Å². The van der Waals surface area contributed by atoms with Crippen molar-refractivity contribution in [3.63, 3.8) is 0 Å². The lowest BCUT2D eigenvalue weighted by Crippen LogP contribution is -2.04. The Morgan fingerprint density at radius 3 is 2.69 bits per heavy atom. The monoisotopic (exact) mass is 181 g/mol. The first kappa shape index (κ1) is 5.66. The van der Waals surface area contributed by atoms with E-state index in [-0.39, 0.29) is 6.61 Å². The minimum absolute atomic E-state index is 0.0742. The van der Waals surface area contributed by atoms with Crippen LogP contribution >= 0.6 is 0 Å². The molecule has 70 valence electrons. The van der Waals surface area contributed by atoms with E-state index >= 15 is 0 Å². The van der Waals surface area contributed by atoms with Gasteiger partial charge in [-0.1, -0.05) is 6.07 Å². The van der Waals surface area contributed by atoms with E-state index in [4.69, 9.17) is 13.6 Å². The third-order valence-electron chi connectivity index (χ3n) is 1.77. The summed E-state index contributed by atoms with van der Waals surface area (Å²) in [6.45, 7) is 1.79. The highest BCUT2D eigenvalue weighted by Gasteiger charge is 2.22. The Morgan fingerprint density at radius 1 is 1.54 bits per heavy atom. The SMILES string of the molecule is [2H]C([2H])(Oc1cc(C)cc(C)c1)C1([2H])CO1. The molecular formula is C11H14O2. The van der Waals surface area contributed by atoms with Gasteiger partial charge in [-0.2, -0.15) is 0 Å². The molecule has 1 unspecified atom stereocenters. The van der Waals surface area contributed by atoms with Crippen molar-refractivity contribution in [1.82, 2.24) is 0 Å². The maximum Gasteiger partial charge on any atom is 0.119 e. The number of hydrogen-bond donors (Lipinski definition) is 0. The van der Waals surface area contributed by atoms with Gasteiger partial charge in [0.05, 0.1) is 10.7 Å². The second-order valence-corrected chi connectivity index (χ2v) is 3.24. The molecule has 1 aliphatic heterocycles. The van der Waals surface area contributed by atoms with E-state index in [0.717, 1.165) is 11.1 Å². The summed E-state index contributed by atoms with van der Waals surface area (Å²) in [5.41, 5.74) is 2.00. The number of benzene rings is 1. The van der Waals surface area contributed by atoms with Crippen LogP contribution in [0.15, 0.2) is 18.2 Å². The molecule has 0 aliphatic carbocycles. The largest absolute Gasteiger partial charge is 0.491 e. The molecule has 0 amide bonds. The second kappa shape index (κ2) is 3.38. The van der Waals surface area contributed by atoms with Crippen LogP contribution in [0.1, 0.15) is 15.2 Å². The van der Waals surface area contributed by atoms with Crippen LogP contribution in [0.2, 0.25) is 0 Å². The summed E-state index contributed by atoms with van der Waals surface area (Å²) in [6, 6.07) is 5.47. The van der Waals surface area contributed by atoms with Crippen molar-refractivity contribution in [3.05, 3.63) is 29.3 Å². The van der Waals surface area contributed by atoms with Gasteiger partial charge in [0.25, 0.3) is 0 Å². The molecular weight excluding hydrogens is 164 g/mol. The third kappa shape index (κ3) is 2.46. The summed E-state index contributed by atoms with van der Waals surface area (Å²) >= 11 is 0. The molecule has 13 heavy (non-hydrogen) atoms. The molecule has 0 saturated carbocycles. The fraction of sp³-hybridized carbons (Fsp3) is 0.455. The number of rotatable bonds is 3. The first-order valence-electron chi connectivity index (χ1n) is 5.74. The number of hydrogen-bond acceptors (Lipinski definition) is 2. The highest BCUT2D eigenvalue weighted by molar-refractivity contribution is 5.33. The Morgan fingerprint density at radius 2 is 2.15 bits per heavy atom. The van der Waals surface area contributed by atoms with Crippen LogP contribution in [-0.4, -0.2) is 19.2 Å². The maximum atomic E-state index is 7.65. The minimum Gasteiger partial charge on any atom is -0.491 e. The molecule has 0 spiro atoms. The van der Waals surface area contributed by atoms with Gasteiger partial charge >= 0.3 is 0 Å². The molecule has 0 bridgehead atoms. The third-order valence-corrected chi connectivity index (χ3v) is 1.77. The topological polar surface area (TPSA) is 21.8 Å². The van der Waals surface area contributed by atoms with Gasteiger partial charge < -0.3 is 9.47 Å². The summed E-state index contributed by atoms with van der Waals surface area (Å²) in [5.74, 6) is 0.435. The molecule has 1 heterocycles. The zero-order valence-corrected chi connectivity index (χ0v) is 7.76. The molecule has 0 aromatic heterocycles. The highest BCUT2D eigenvalue weighted by Crippen LogP contribution is 2.18. The zero-order valence-electron chi connectivity index (χ0n) is 10.8. The van der Waals surface area contributed by atoms with Gasteiger partial charge in [-0.3, -0.25) is 0 Å². The van der Waals surface area contributed by atoms with Crippen LogP contribution in [-0.2, 0) is 4.74 Å². The Balaban J connectivity index is 2.20. The summed E-state index contributed by atoms with van der Waals surface area (Å²) < 4.78 is 32.9. The van der Waals surface area contributed by atoms with E-state index in [1.165, 1.54) is 0 Å². The van der Waals surface area contributed by atoms with E-state index in [0.29, 0.717) is 5.75 Å². The van der Waals surface area contributed by atoms with Crippen molar-refractivity contribution in [2.45, 2.75) is 19.9 Å². The van der Waals surface area contributed by atoms with E-state index < -0.39 is 12.6 Å². The van der Waals surface area contributed by atoms with E-state index in [1.807, 2.05) is 19.9 Å². The first-order chi connectivity index (χ1) is 7.32. The number of epoxide rings is 1. The van der Waals surface area contributed by atoms with Gasteiger partial charge in [0, 0.05) is 0 Å². The predicted octanol–water partition coefficient (Wildman–Crippen LogP) is 2.08. The summed E-state index contributed by atoms with van der Waals surface area (Å²) in [7, 11) is 0. The average Bonchev–Trinajstić information content (AvgIpc) is 2.81. The van der Waals surface area contributed by atoms with Crippen LogP contribution in [0.25, 0.3) is 0 Å². The summed E-state index contributed by atoms with van der Waals surface area (Å²) in [5, 5.41) is 0. The van der Waals surface area contributed by atoms with Crippen LogP contribution in [0.5, 0.6) is 5.75 Å². The van der Waals surface area contributed by atoms with Crippen molar-refractivity contribution >= 4 is 0 Å². The van der Waals surface area contributed by atoms with Crippen LogP contribution in [0.3, 0.4) is 0 Å². The fourth-order valence-corrected chi connectivity index (χ4v) is 1.20. The maximum absolute atomic E-state index is 7.65. The number of ether oxygens (including phenoxy) is 2. The second-order valence-electron chi connectivity index (χ2n) is 3.24. The zero-order chi connectivity index (χ0) is 12.0. The lowest BCUT2D eigenvalue weighted by molar-refractivity contribution is 0.263. The fourth-order valence-electron chi connectivity index (χ4n) is 1.20. The van der Waals surface area contributed by atoms with Crippen LogP contribution < -0.4 is 4.74 Å². The molecule has 1 fully saturated rings. The Labute approximate surface area is 82.7 Å². The quantitative estimate of drug-likeness (QED) is 0.666. The summed E-state index contributed by atoms with van der Waals surface area (Å²) in [6.07, 6.45) is -1.55. The first-order valence-corrected chi connectivity index (χ1v) is 4.24. The molecule has 1 saturated heterocycles. The lowest BCUT2D eigenvalue weighted by Gasteiger charge is -2.06. The molecule has 2 nitrogen and oxygen atoms in total. The molecule has 1 aromatic rings. The normalized spacial score (nSPS) is 30.2. The molecule has 0 N–H and O–H groups in total. The molecule has 2 rings (SSSR count). The number of aryl methyl sites for hydroxylation is 2. The Hall–Kier alpha value is -1.02. The lowest BCUT2D eigenvalue weighted by atomic mass is 10.1. The molecule has 1 aromatic carbocycles. The molecule has 1 atom stereocenters. The molecule has 1 aliphatic rings. The van der Waals surface area contributed by atoms with E-state index in [9.17, 15) is 0 Å². The van der Waals surface area contributed by atoms with Gasteiger partial charge in [0.15, 0.2) is 0 Å². The molecule has 2 heteroatoms. The predicted molar refractivity (Wildman–Crippen MR) is 51.2 cm³/mol. The van der Waals surface area contributed by atoms with Crippen LogP contribution in [0.4, 0.5) is 0 Å². The van der Waals surface area contributed by atoms with Gasteiger partial charge in [0.2, 0.25) is 0 Å². The van der Waals surface area contributed by atoms with Gasteiger partial charge in [-0.05, 0) is 37.1 Å². The minimum atomic E-state index is -2.12. The van der Waals surface area contributed by atoms with Crippen molar-refractivity contribution < 1.29 is 13.6 Å². The Kier molecular flexibility index (Phi) is 1.47. The van der Waals surface area contributed by atoms with Crippen molar-refractivity contribution in [3.8, 4) is 5.75 Å². The van der Waals surface area contributed by atoms with E-state index in [1.54, 1.807) is 12.1 Å². The van der Waals surface area contributed by atoms with Crippen molar-refractivity contribution in [2.24, 2.45) is 0 Å². The average molecular weight is 181 g/mol. The van der Waals surface area contributed by atoms with Gasteiger partial charge in [-0.25, -0.2) is 0 Å².